The minimum Gasteiger partial charge on any atom is -0.366 e. The van der Waals surface area contributed by atoms with Crippen LogP contribution in [0.5, 0.6) is 0 Å². The number of nitrogens with one attached hydrogen (secondary N) is 3. The minimum atomic E-state index is -0.408. The van der Waals surface area contributed by atoms with Gasteiger partial charge in [0.1, 0.15) is 18.0 Å². The summed E-state index contributed by atoms with van der Waals surface area (Å²) in [5, 5.41) is 9.75. The Morgan fingerprint density at radius 3 is 2.43 bits per heavy atom. The zero-order valence-corrected chi connectivity index (χ0v) is 20.8. The number of rotatable bonds is 7. The van der Waals surface area contributed by atoms with Crippen molar-refractivity contribution in [1.82, 2.24) is 24.8 Å². The van der Waals surface area contributed by atoms with E-state index in [0.29, 0.717) is 51.6 Å². The number of halogens is 3. The first-order valence-electron chi connectivity index (χ1n) is 11.3. The summed E-state index contributed by atoms with van der Waals surface area (Å²) >= 11 is 12.6. The highest BCUT2D eigenvalue weighted by Crippen LogP contribution is 2.33. The number of nitrogens with zero attached hydrogens (tertiary/aromatic N) is 4. The number of fused-ring (bicyclic) bond motifs is 1. The van der Waals surface area contributed by atoms with Gasteiger partial charge in [0.15, 0.2) is 17.0 Å². The molecule has 0 saturated carbocycles. The SMILES string of the molecule is O=C(NCCNc1ncnc2c1nc(-c1ccccc1Cl)n2-c1ccc(Cl)cc1)Nc1ccc(F)cc1. The predicted molar refractivity (Wildman–Crippen MR) is 144 cm³/mol. The van der Waals surface area contributed by atoms with Crippen molar-refractivity contribution in [2.45, 2.75) is 0 Å². The number of anilines is 2. The molecule has 0 radical (unpaired) electrons. The molecule has 5 rings (SSSR count). The van der Waals surface area contributed by atoms with E-state index in [-0.39, 0.29) is 5.82 Å². The van der Waals surface area contributed by atoms with E-state index in [4.69, 9.17) is 28.2 Å². The van der Waals surface area contributed by atoms with Crippen molar-refractivity contribution in [3.63, 3.8) is 0 Å². The molecular weight excluding hydrogens is 516 g/mol. The molecule has 0 unspecified atom stereocenters. The van der Waals surface area contributed by atoms with Gasteiger partial charge < -0.3 is 16.0 Å². The quantitative estimate of drug-likeness (QED) is 0.217. The molecule has 2 aromatic heterocycles. The summed E-state index contributed by atoms with van der Waals surface area (Å²) in [5.41, 5.74) is 3.16. The van der Waals surface area contributed by atoms with Gasteiger partial charge in [0.25, 0.3) is 0 Å². The fraction of sp³-hybridized carbons (Fsp3) is 0.0769. The van der Waals surface area contributed by atoms with Gasteiger partial charge in [-0.3, -0.25) is 4.57 Å². The summed E-state index contributed by atoms with van der Waals surface area (Å²) in [5.74, 6) is 0.734. The maximum atomic E-state index is 13.0. The van der Waals surface area contributed by atoms with Crippen LogP contribution in [-0.2, 0) is 0 Å². The molecule has 0 spiro atoms. The molecule has 0 aliphatic heterocycles. The van der Waals surface area contributed by atoms with Crippen LogP contribution in [0.1, 0.15) is 0 Å². The first-order chi connectivity index (χ1) is 18.0. The Morgan fingerprint density at radius 2 is 1.68 bits per heavy atom. The van der Waals surface area contributed by atoms with E-state index in [0.717, 1.165) is 11.3 Å². The molecule has 0 bridgehead atoms. The van der Waals surface area contributed by atoms with Crippen molar-refractivity contribution >= 4 is 51.9 Å². The lowest BCUT2D eigenvalue weighted by Gasteiger charge is -2.10. The summed E-state index contributed by atoms with van der Waals surface area (Å²) in [4.78, 5) is 25.8. The third-order valence-electron chi connectivity index (χ3n) is 5.45. The molecular formula is C26H20Cl2FN7O. The van der Waals surface area contributed by atoms with Gasteiger partial charge in [0.2, 0.25) is 0 Å². The second kappa shape index (κ2) is 10.8. The lowest BCUT2D eigenvalue weighted by atomic mass is 10.2. The Kier molecular flexibility index (Phi) is 7.16. The smallest absolute Gasteiger partial charge is 0.319 e. The van der Waals surface area contributed by atoms with E-state index in [1.165, 1.54) is 30.6 Å². The topological polar surface area (TPSA) is 96.8 Å². The molecule has 8 nitrogen and oxygen atoms in total. The standard InChI is InChI=1S/C26H20Cl2FN7O/c27-16-5-11-19(12-6-16)36-24(20-3-1-2-4-21(20)28)35-22-23(32-15-33-25(22)36)30-13-14-31-26(37)34-18-9-7-17(29)8-10-18/h1-12,15H,13-14H2,(H,30,32,33)(H2,31,34,37). The zero-order chi connectivity index (χ0) is 25.8. The number of urea groups is 1. The third kappa shape index (κ3) is 5.47. The molecule has 11 heteroatoms. The van der Waals surface area contributed by atoms with E-state index in [9.17, 15) is 9.18 Å². The normalized spacial score (nSPS) is 10.9. The van der Waals surface area contributed by atoms with E-state index < -0.39 is 6.03 Å². The fourth-order valence-corrected chi connectivity index (χ4v) is 4.09. The molecule has 3 aromatic carbocycles. The summed E-state index contributed by atoms with van der Waals surface area (Å²) in [6.07, 6.45) is 1.45. The Bertz CT molecular complexity index is 1560. The van der Waals surface area contributed by atoms with Crippen LogP contribution in [0, 0.1) is 5.82 Å². The van der Waals surface area contributed by atoms with Gasteiger partial charge in [0, 0.05) is 35.1 Å². The first kappa shape index (κ1) is 24.5. The molecule has 5 aromatic rings. The minimum absolute atomic E-state index is 0.299. The molecule has 0 fully saturated rings. The van der Waals surface area contributed by atoms with Crippen LogP contribution in [0.3, 0.4) is 0 Å². The highest BCUT2D eigenvalue weighted by Gasteiger charge is 2.20. The summed E-state index contributed by atoms with van der Waals surface area (Å²) < 4.78 is 14.9. The molecule has 0 saturated heterocycles. The van der Waals surface area contributed by atoms with Gasteiger partial charge in [-0.05, 0) is 60.7 Å². The van der Waals surface area contributed by atoms with E-state index in [1.54, 1.807) is 18.2 Å². The molecule has 0 aliphatic rings. The maximum Gasteiger partial charge on any atom is 0.319 e. The lowest BCUT2D eigenvalue weighted by Crippen LogP contribution is -2.32. The molecule has 2 amide bonds. The van der Waals surface area contributed by atoms with Crippen LogP contribution >= 0.6 is 23.2 Å². The monoisotopic (exact) mass is 535 g/mol. The molecule has 37 heavy (non-hydrogen) atoms. The van der Waals surface area contributed by atoms with Crippen LogP contribution < -0.4 is 16.0 Å². The number of amides is 2. The number of aromatic nitrogens is 4. The molecule has 3 N–H and O–H groups in total. The van der Waals surface area contributed by atoms with Crippen molar-refractivity contribution in [2.75, 3.05) is 23.7 Å². The first-order valence-corrected chi connectivity index (χ1v) is 12.0. The van der Waals surface area contributed by atoms with Crippen molar-refractivity contribution in [3.05, 3.63) is 95.0 Å². The maximum absolute atomic E-state index is 13.0. The highest BCUT2D eigenvalue weighted by molar-refractivity contribution is 6.33. The van der Waals surface area contributed by atoms with Gasteiger partial charge in [0.05, 0.1) is 5.02 Å². The van der Waals surface area contributed by atoms with Crippen molar-refractivity contribution in [2.24, 2.45) is 0 Å². The Hall–Kier alpha value is -4.21. The predicted octanol–water partition coefficient (Wildman–Crippen LogP) is 6.16. The van der Waals surface area contributed by atoms with Crippen LogP contribution in [0.2, 0.25) is 10.0 Å². The molecule has 186 valence electrons. The molecule has 2 heterocycles. The van der Waals surface area contributed by atoms with Gasteiger partial charge in [-0.25, -0.2) is 24.1 Å². The number of carbonyl (C=O) groups excluding carboxylic acids is 1. The number of benzene rings is 3. The van der Waals surface area contributed by atoms with Crippen LogP contribution in [0.25, 0.3) is 28.2 Å². The van der Waals surface area contributed by atoms with E-state index >= 15 is 0 Å². The van der Waals surface area contributed by atoms with Crippen molar-refractivity contribution in [3.8, 4) is 17.1 Å². The van der Waals surface area contributed by atoms with Gasteiger partial charge in [-0.1, -0.05) is 35.3 Å². The number of hydrogen-bond acceptors (Lipinski definition) is 5. The number of imidazole rings is 1. The third-order valence-corrected chi connectivity index (χ3v) is 6.03. The Labute approximate surface area is 221 Å². The highest BCUT2D eigenvalue weighted by atomic mass is 35.5. The van der Waals surface area contributed by atoms with E-state index in [1.807, 2.05) is 34.9 Å². The summed E-state index contributed by atoms with van der Waals surface area (Å²) in [6.45, 7) is 0.673. The second-order valence-electron chi connectivity index (χ2n) is 7.94. The zero-order valence-electron chi connectivity index (χ0n) is 19.3. The Balaban J connectivity index is 1.38. The summed E-state index contributed by atoms with van der Waals surface area (Å²) in [7, 11) is 0. The van der Waals surface area contributed by atoms with Crippen molar-refractivity contribution in [1.29, 1.82) is 0 Å². The van der Waals surface area contributed by atoms with Gasteiger partial charge in [-0.15, -0.1) is 0 Å². The average molecular weight is 536 g/mol. The molecule has 0 aliphatic carbocycles. The van der Waals surface area contributed by atoms with Gasteiger partial charge in [-0.2, -0.15) is 0 Å². The van der Waals surface area contributed by atoms with Gasteiger partial charge >= 0.3 is 6.03 Å². The van der Waals surface area contributed by atoms with E-state index in [2.05, 4.69) is 25.9 Å². The van der Waals surface area contributed by atoms with Crippen LogP contribution in [0.4, 0.5) is 20.7 Å². The van der Waals surface area contributed by atoms with Crippen LogP contribution in [-0.4, -0.2) is 38.6 Å². The lowest BCUT2D eigenvalue weighted by molar-refractivity contribution is 0.252. The van der Waals surface area contributed by atoms with Crippen molar-refractivity contribution < 1.29 is 9.18 Å². The average Bonchev–Trinajstić information content (AvgIpc) is 3.29. The summed E-state index contributed by atoms with van der Waals surface area (Å²) in [6, 6.07) is 19.9. The Morgan fingerprint density at radius 1 is 0.919 bits per heavy atom. The fourth-order valence-electron chi connectivity index (χ4n) is 3.75. The largest absolute Gasteiger partial charge is 0.366 e. The second-order valence-corrected chi connectivity index (χ2v) is 8.78. The molecule has 0 atom stereocenters. The number of hydrogen-bond donors (Lipinski definition) is 3. The van der Waals surface area contributed by atoms with Crippen LogP contribution in [0.15, 0.2) is 79.1 Å². The number of carbonyl (C=O) groups is 1.